The van der Waals surface area contributed by atoms with E-state index < -0.39 is 5.97 Å². The number of halogens is 1. The van der Waals surface area contributed by atoms with Crippen LogP contribution in [0.25, 0.3) is 11.3 Å². The zero-order chi connectivity index (χ0) is 18.7. The van der Waals surface area contributed by atoms with Crippen molar-refractivity contribution >= 4 is 28.9 Å². The van der Waals surface area contributed by atoms with Crippen molar-refractivity contribution in [1.29, 1.82) is 0 Å². The fraction of sp³-hybridized carbons (Fsp3) is 0.143. The highest BCUT2D eigenvalue weighted by atomic mass is 35.5. The molecule has 0 bridgehead atoms. The highest BCUT2D eigenvalue weighted by Crippen LogP contribution is 2.30. The lowest BCUT2D eigenvalue weighted by atomic mass is 10.1. The zero-order valence-electron chi connectivity index (χ0n) is 14.6. The van der Waals surface area contributed by atoms with Gasteiger partial charge in [0.1, 0.15) is 0 Å². The monoisotopic (exact) mass is 366 g/mol. The Hall–Kier alpha value is -2.85. The van der Waals surface area contributed by atoms with Crippen molar-refractivity contribution in [2.75, 3.05) is 5.32 Å². The van der Waals surface area contributed by atoms with Crippen molar-refractivity contribution in [2.24, 2.45) is 0 Å². The predicted molar refractivity (Wildman–Crippen MR) is 105 cm³/mol. The van der Waals surface area contributed by atoms with Gasteiger partial charge in [0.05, 0.1) is 28.8 Å². The SMILES string of the molecule is CCc1ccc(Nc2cnc(-c3ccccc3Cl)c(C)c2)c(C(=O)O)c1. The quantitative estimate of drug-likeness (QED) is 0.606. The summed E-state index contributed by atoms with van der Waals surface area (Å²) >= 11 is 6.26. The van der Waals surface area contributed by atoms with Gasteiger partial charge in [-0.15, -0.1) is 0 Å². The number of aromatic carboxylic acids is 1. The van der Waals surface area contributed by atoms with Gasteiger partial charge in [-0.3, -0.25) is 4.98 Å². The van der Waals surface area contributed by atoms with Gasteiger partial charge < -0.3 is 10.4 Å². The summed E-state index contributed by atoms with van der Waals surface area (Å²) < 4.78 is 0. The number of hydrogen-bond acceptors (Lipinski definition) is 3. The van der Waals surface area contributed by atoms with E-state index in [1.807, 2.05) is 50.2 Å². The molecule has 1 heterocycles. The summed E-state index contributed by atoms with van der Waals surface area (Å²) in [5.41, 5.74) is 5.13. The van der Waals surface area contributed by atoms with Crippen LogP contribution >= 0.6 is 11.6 Å². The highest BCUT2D eigenvalue weighted by molar-refractivity contribution is 6.33. The van der Waals surface area contributed by atoms with Crippen LogP contribution in [0.3, 0.4) is 0 Å². The molecule has 1 aromatic heterocycles. The number of pyridine rings is 1. The van der Waals surface area contributed by atoms with Gasteiger partial charge in [-0.1, -0.05) is 42.8 Å². The maximum absolute atomic E-state index is 11.6. The molecule has 0 spiro atoms. The first kappa shape index (κ1) is 18.0. The molecule has 4 nitrogen and oxygen atoms in total. The van der Waals surface area contributed by atoms with Crippen LogP contribution in [0.4, 0.5) is 11.4 Å². The minimum atomic E-state index is -0.958. The second-order valence-corrected chi connectivity index (χ2v) is 6.44. The Morgan fingerprint density at radius 1 is 1.19 bits per heavy atom. The number of aromatic nitrogens is 1. The number of anilines is 2. The van der Waals surface area contributed by atoms with Gasteiger partial charge in [0.2, 0.25) is 0 Å². The van der Waals surface area contributed by atoms with E-state index >= 15 is 0 Å². The molecular formula is C21H19ClN2O2. The van der Waals surface area contributed by atoms with Crippen molar-refractivity contribution in [3.05, 3.63) is 76.4 Å². The number of rotatable bonds is 5. The molecule has 0 fully saturated rings. The third-order valence-electron chi connectivity index (χ3n) is 4.21. The topological polar surface area (TPSA) is 62.2 Å². The van der Waals surface area contributed by atoms with Crippen LogP contribution < -0.4 is 5.32 Å². The predicted octanol–water partition coefficient (Wildman–Crippen LogP) is 5.71. The van der Waals surface area contributed by atoms with E-state index in [4.69, 9.17) is 11.6 Å². The van der Waals surface area contributed by atoms with Crippen LogP contribution in [-0.2, 0) is 6.42 Å². The van der Waals surface area contributed by atoms with Gasteiger partial charge in [0.25, 0.3) is 0 Å². The number of nitrogens with zero attached hydrogens (tertiary/aromatic N) is 1. The first-order chi connectivity index (χ1) is 12.5. The molecule has 0 aliphatic carbocycles. The van der Waals surface area contributed by atoms with Gasteiger partial charge in [0, 0.05) is 10.6 Å². The van der Waals surface area contributed by atoms with E-state index in [1.165, 1.54) is 0 Å². The molecule has 132 valence electrons. The summed E-state index contributed by atoms with van der Waals surface area (Å²) in [4.78, 5) is 16.1. The molecule has 2 aromatic carbocycles. The van der Waals surface area contributed by atoms with E-state index in [2.05, 4.69) is 10.3 Å². The van der Waals surface area contributed by atoms with E-state index in [0.717, 1.165) is 34.5 Å². The maximum atomic E-state index is 11.6. The summed E-state index contributed by atoms with van der Waals surface area (Å²) in [5, 5.41) is 13.3. The van der Waals surface area contributed by atoms with Crippen molar-refractivity contribution in [3.8, 4) is 11.3 Å². The van der Waals surface area contributed by atoms with Crippen molar-refractivity contribution in [3.63, 3.8) is 0 Å². The van der Waals surface area contributed by atoms with Crippen LogP contribution in [0, 0.1) is 6.92 Å². The molecule has 0 atom stereocenters. The van der Waals surface area contributed by atoms with Crippen LogP contribution in [-0.4, -0.2) is 16.1 Å². The lowest BCUT2D eigenvalue weighted by Crippen LogP contribution is -2.04. The molecule has 26 heavy (non-hydrogen) atoms. The van der Waals surface area contributed by atoms with Gasteiger partial charge >= 0.3 is 5.97 Å². The molecule has 0 radical (unpaired) electrons. The molecule has 0 unspecified atom stereocenters. The highest BCUT2D eigenvalue weighted by Gasteiger charge is 2.13. The molecular weight excluding hydrogens is 348 g/mol. The molecule has 2 N–H and O–H groups in total. The largest absolute Gasteiger partial charge is 0.478 e. The van der Waals surface area contributed by atoms with Gasteiger partial charge in [-0.05, 0) is 48.7 Å². The average Bonchev–Trinajstić information content (AvgIpc) is 2.63. The summed E-state index contributed by atoms with van der Waals surface area (Å²) in [6.45, 7) is 3.95. The van der Waals surface area contributed by atoms with Crippen LogP contribution in [0.1, 0.15) is 28.4 Å². The Morgan fingerprint density at radius 3 is 2.62 bits per heavy atom. The molecule has 0 saturated carbocycles. The number of benzene rings is 2. The number of hydrogen-bond donors (Lipinski definition) is 2. The third-order valence-corrected chi connectivity index (χ3v) is 4.54. The molecule has 3 aromatic rings. The Kier molecular flexibility index (Phi) is 5.24. The summed E-state index contributed by atoms with van der Waals surface area (Å²) in [6, 6.07) is 14.9. The smallest absolute Gasteiger partial charge is 0.337 e. The summed E-state index contributed by atoms with van der Waals surface area (Å²) in [5.74, 6) is -0.958. The minimum Gasteiger partial charge on any atom is -0.478 e. The van der Waals surface area contributed by atoms with E-state index in [1.54, 1.807) is 18.3 Å². The van der Waals surface area contributed by atoms with Crippen molar-refractivity contribution < 1.29 is 9.90 Å². The molecule has 0 aliphatic heterocycles. The van der Waals surface area contributed by atoms with Gasteiger partial charge in [0.15, 0.2) is 0 Å². The molecule has 3 rings (SSSR count). The average molecular weight is 367 g/mol. The molecule has 5 heteroatoms. The number of aryl methyl sites for hydroxylation is 2. The number of carboxylic acids is 1. The second-order valence-electron chi connectivity index (χ2n) is 6.03. The normalized spacial score (nSPS) is 10.6. The summed E-state index contributed by atoms with van der Waals surface area (Å²) in [6.07, 6.45) is 2.47. The standard InChI is InChI=1S/C21H19ClN2O2/c1-3-14-8-9-19(17(11-14)21(25)26)24-15-10-13(2)20(23-12-15)16-6-4-5-7-18(16)22/h4-12,24H,3H2,1-2H3,(H,25,26). The Morgan fingerprint density at radius 2 is 1.96 bits per heavy atom. The van der Waals surface area contributed by atoms with E-state index in [0.29, 0.717) is 10.7 Å². The molecule has 0 saturated heterocycles. The fourth-order valence-electron chi connectivity index (χ4n) is 2.83. The number of carboxylic acid groups (broad SMARTS) is 1. The third kappa shape index (κ3) is 3.70. The lowest BCUT2D eigenvalue weighted by molar-refractivity contribution is 0.0698. The lowest BCUT2D eigenvalue weighted by Gasteiger charge is -2.13. The number of carbonyl (C=O) groups is 1. The van der Waals surface area contributed by atoms with Gasteiger partial charge in [-0.2, -0.15) is 0 Å². The van der Waals surface area contributed by atoms with Crippen molar-refractivity contribution in [2.45, 2.75) is 20.3 Å². The Balaban J connectivity index is 1.94. The maximum Gasteiger partial charge on any atom is 0.337 e. The first-order valence-electron chi connectivity index (χ1n) is 8.34. The second kappa shape index (κ2) is 7.58. The van der Waals surface area contributed by atoms with Crippen LogP contribution in [0.15, 0.2) is 54.7 Å². The van der Waals surface area contributed by atoms with E-state index in [9.17, 15) is 9.90 Å². The minimum absolute atomic E-state index is 0.247. The Bertz CT molecular complexity index is 970. The van der Waals surface area contributed by atoms with E-state index in [-0.39, 0.29) is 5.56 Å². The van der Waals surface area contributed by atoms with Crippen LogP contribution in [0.2, 0.25) is 5.02 Å². The first-order valence-corrected chi connectivity index (χ1v) is 8.72. The Labute approximate surface area is 157 Å². The zero-order valence-corrected chi connectivity index (χ0v) is 15.3. The summed E-state index contributed by atoms with van der Waals surface area (Å²) in [7, 11) is 0. The van der Waals surface area contributed by atoms with Gasteiger partial charge in [-0.25, -0.2) is 4.79 Å². The van der Waals surface area contributed by atoms with Crippen molar-refractivity contribution in [1.82, 2.24) is 4.98 Å². The van der Waals surface area contributed by atoms with Crippen LogP contribution in [0.5, 0.6) is 0 Å². The molecule has 0 amide bonds. The molecule has 0 aliphatic rings. The fourth-order valence-corrected chi connectivity index (χ4v) is 3.06. The number of nitrogens with one attached hydrogen (secondary N) is 1.